The Bertz CT molecular complexity index is 364. The zero-order valence-electron chi connectivity index (χ0n) is 7.09. The molecular weight excluding hydrogens is 220 g/mol. The fourth-order valence-corrected chi connectivity index (χ4v) is 1.44. The number of halogens is 1. The van der Waals surface area contributed by atoms with Gasteiger partial charge in [-0.15, -0.1) is 0 Å². The second-order valence-electron chi connectivity index (χ2n) is 2.72. The fraction of sp³-hybridized carbons (Fsp3) is 0.125. The number of benzene rings is 1. The van der Waals surface area contributed by atoms with E-state index in [0.29, 0.717) is 5.02 Å². The third kappa shape index (κ3) is 1.69. The molecule has 0 radical (unpaired) electrons. The van der Waals surface area contributed by atoms with Crippen molar-refractivity contribution in [3.63, 3.8) is 0 Å². The Hall–Kier alpha value is -1.20. The molecule has 6 heteroatoms. The molecule has 0 aliphatic carbocycles. The minimum atomic E-state index is -0.161. The van der Waals surface area contributed by atoms with Crippen LogP contribution in [0.25, 0.3) is 0 Å². The Morgan fingerprint density at radius 2 is 2.14 bits per heavy atom. The lowest BCUT2D eigenvalue weighted by Crippen LogP contribution is -2.35. The fourth-order valence-electron chi connectivity index (χ4n) is 1.14. The number of anilines is 1. The highest BCUT2D eigenvalue weighted by Crippen LogP contribution is 2.21. The van der Waals surface area contributed by atoms with Gasteiger partial charge in [-0.2, -0.15) is 0 Å². The maximum atomic E-state index is 5.77. The lowest BCUT2D eigenvalue weighted by molar-refractivity contribution is 0.731. The van der Waals surface area contributed by atoms with Crippen molar-refractivity contribution >= 4 is 34.9 Å². The summed E-state index contributed by atoms with van der Waals surface area (Å²) in [5.74, 6) is 0. The van der Waals surface area contributed by atoms with Crippen molar-refractivity contribution in [3.05, 3.63) is 29.3 Å². The van der Waals surface area contributed by atoms with Crippen LogP contribution in [0.5, 0.6) is 0 Å². The van der Waals surface area contributed by atoms with Gasteiger partial charge in [-0.25, -0.2) is 5.01 Å². The standard InChI is InChI=1S/C8H7ClN4S/c9-6-1-3-7(4-2-6)13-8(5-14)10-11-12-13/h1-5,8H,(H,10,12). The maximum Gasteiger partial charge on any atom is 0.168 e. The first-order chi connectivity index (χ1) is 6.81. The first kappa shape index (κ1) is 9.36. The van der Waals surface area contributed by atoms with Crippen molar-refractivity contribution in [2.24, 2.45) is 10.4 Å². The summed E-state index contributed by atoms with van der Waals surface area (Å²) in [6, 6.07) is 7.32. The van der Waals surface area contributed by atoms with Crippen LogP contribution in [0.1, 0.15) is 0 Å². The Labute approximate surface area is 91.5 Å². The molecule has 4 nitrogen and oxygen atoms in total. The summed E-state index contributed by atoms with van der Waals surface area (Å²) >= 11 is 10.6. The molecule has 1 aliphatic heterocycles. The molecule has 1 N–H and O–H groups in total. The van der Waals surface area contributed by atoms with Crippen molar-refractivity contribution in [1.82, 2.24) is 5.43 Å². The van der Waals surface area contributed by atoms with Gasteiger partial charge in [-0.05, 0) is 29.5 Å². The number of thiocarbonyl (C=S) groups is 1. The molecule has 1 aromatic rings. The van der Waals surface area contributed by atoms with Gasteiger partial charge in [0.1, 0.15) is 0 Å². The van der Waals surface area contributed by atoms with Crippen LogP contribution >= 0.6 is 23.8 Å². The normalized spacial score (nSPS) is 19.5. The highest BCUT2D eigenvalue weighted by Gasteiger charge is 2.20. The summed E-state index contributed by atoms with van der Waals surface area (Å²) in [7, 11) is 0. The van der Waals surface area contributed by atoms with Gasteiger partial charge in [-0.1, -0.05) is 29.0 Å². The van der Waals surface area contributed by atoms with Crippen molar-refractivity contribution in [2.45, 2.75) is 6.17 Å². The molecule has 72 valence electrons. The summed E-state index contributed by atoms with van der Waals surface area (Å²) < 4.78 is 0. The molecule has 1 aliphatic rings. The second-order valence-corrected chi connectivity index (χ2v) is 3.43. The lowest BCUT2D eigenvalue weighted by atomic mass is 10.3. The number of nitrogens with zero attached hydrogens (tertiary/aromatic N) is 3. The highest BCUT2D eigenvalue weighted by molar-refractivity contribution is 7.79. The van der Waals surface area contributed by atoms with Gasteiger partial charge in [0.15, 0.2) is 6.17 Å². The summed E-state index contributed by atoms with van der Waals surface area (Å²) in [6.07, 6.45) is -0.161. The summed E-state index contributed by atoms with van der Waals surface area (Å²) in [6.45, 7) is 0. The zero-order chi connectivity index (χ0) is 9.97. The SMILES string of the molecule is S=CC1NN=NN1c1ccc(Cl)cc1. The van der Waals surface area contributed by atoms with E-state index in [9.17, 15) is 0 Å². The van der Waals surface area contributed by atoms with E-state index < -0.39 is 0 Å². The van der Waals surface area contributed by atoms with Crippen LogP contribution in [0.15, 0.2) is 34.7 Å². The Balaban J connectivity index is 2.26. The van der Waals surface area contributed by atoms with Crippen LogP contribution in [0.2, 0.25) is 5.02 Å². The maximum absolute atomic E-state index is 5.77. The minimum Gasteiger partial charge on any atom is -0.261 e. The highest BCUT2D eigenvalue weighted by atomic mass is 35.5. The third-order valence-electron chi connectivity index (χ3n) is 1.81. The van der Waals surface area contributed by atoms with E-state index in [4.69, 9.17) is 23.8 Å². The molecule has 0 saturated carbocycles. The summed E-state index contributed by atoms with van der Waals surface area (Å²) in [5.41, 5.74) is 3.66. The molecule has 1 aromatic carbocycles. The number of hydrogen-bond acceptors (Lipinski definition) is 5. The molecular formula is C8H7ClN4S. The third-order valence-corrected chi connectivity index (χ3v) is 2.32. The van der Waals surface area contributed by atoms with Crippen LogP contribution in [-0.2, 0) is 0 Å². The van der Waals surface area contributed by atoms with Gasteiger partial charge in [0.2, 0.25) is 0 Å². The molecule has 1 heterocycles. The van der Waals surface area contributed by atoms with Crippen LogP contribution in [0, 0.1) is 0 Å². The second kappa shape index (κ2) is 3.89. The molecule has 0 aromatic heterocycles. The van der Waals surface area contributed by atoms with Crippen molar-refractivity contribution in [3.8, 4) is 0 Å². The molecule has 14 heavy (non-hydrogen) atoms. The van der Waals surface area contributed by atoms with Gasteiger partial charge in [0.25, 0.3) is 0 Å². The zero-order valence-corrected chi connectivity index (χ0v) is 8.66. The predicted molar refractivity (Wildman–Crippen MR) is 59.4 cm³/mol. The Kier molecular flexibility index (Phi) is 2.60. The van der Waals surface area contributed by atoms with Crippen molar-refractivity contribution in [2.75, 3.05) is 5.01 Å². The van der Waals surface area contributed by atoms with E-state index in [-0.39, 0.29) is 6.17 Å². The molecule has 0 fully saturated rings. The monoisotopic (exact) mass is 226 g/mol. The number of nitrogens with one attached hydrogen (secondary N) is 1. The van der Waals surface area contributed by atoms with E-state index in [2.05, 4.69) is 15.9 Å². The van der Waals surface area contributed by atoms with Crippen LogP contribution in [0.3, 0.4) is 0 Å². The molecule has 0 saturated heterocycles. The largest absolute Gasteiger partial charge is 0.261 e. The van der Waals surface area contributed by atoms with E-state index in [1.54, 1.807) is 22.5 Å². The molecule has 0 amide bonds. The predicted octanol–water partition coefficient (Wildman–Crippen LogP) is 2.36. The average Bonchev–Trinajstić information content (AvgIpc) is 2.67. The van der Waals surface area contributed by atoms with Gasteiger partial charge in [0, 0.05) is 10.4 Å². The Morgan fingerprint density at radius 1 is 1.43 bits per heavy atom. The molecule has 0 spiro atoms. The van der Waals surface area contributed by atoms with Gasteiger partial charge < -0.3 is 0 Å². The summed E-state index contributed by atoms with van der Waals surface area (Å²) in [5, 5.41) is 11.5. The topological polar surface area (TPSA) is 40.0 Å². The molecule has 2 rings (SSSR count). The molecule has 1 atom stereocenters. The van der Waals surface area contributed by atoms with Crippen LogP contribution < -0.4 is 10.4 Å². The van der Waals surface area contributed by atoms with E-state index in [1.807, 2.05) is 12.1 Å². The van der Waals surface area contributed by atoms with E-state index >= 15 is 0 Å². The van der Waals surface area contributed by atoms with E-state index in [0.717, 1.165) is 5.69 Å². The average molecular weight is 227 g/mol. The van der Waals surface area contributed by atoms with Crippen molar-refractivity contribution < 1.29 is 0 Å². The van der Waals surface area contributed by atoms with Crippen LogP contribution in [0.4, 0.5) is 5.69 Å². The molecule has 1 unspecified atom stereocenters. The summed E-state index contributed by atoms with van der Waals surface area (Å²) in [4.78, 5) is 0. The smallest absolute Gasteiger partial charge is 0.168 e. The van der Waals surface area contributed by atoms with Crippen molar-refractivity contribution in [1.29, 1.82) is 0 Å². The van der Waals surface area contributed by atoms with Gasteiger partial charge >= 0.3 is 0 Å². The minimum absolute atomic E-state index is 0.161. The lowest BCUT2D eigenvalue weighted by Gasteiger charge is -2.17. The van der Waals surface area contributed by atoms with Crippen LogP contribution in [-0.4, -0.2) is 11.5 Å². The van der Waals surface area contributed by atoms with E-state index in [1.165, 1.54) is 0 Å². The van der Waals surface area contributed by atoms with Gasteiger partial charge in [-0.3, -0.25) is 5.43 Å². The molecule has 0 bridgehead atoms. The Morgan fingerprint density at radius 3 is 2.79 bits per heavy atom. The number of hydrogen-bond donors (Lipinski definition) is 1. The van der Waals surface area contributed by atoms with Gasteiger partial charge in [0.05, 0.1) is 5.69 Å². The quantitative estimate of drug-likeness (QED) is 0.787. The first-order valence-electron chi connectivity index (χ1n) is 3.97. The number of rotatable bonds is 2. The first-order valence-corrected chi connectivity index (χ1v) is 4.82.